The van der Waals surface area contributed by atoms with Crippen LogP contribution in [0.5, 0.6) is 0 Å². The highest BCUT2D eigenvalue weighted by atomic mass is 32.2. The molecule has 0 spiro atoms. The van der Waals surface area contributed by atoms with Crippen molar-refractivity contribution in [2.24, 2.45) is 5.92 Å². The van der Waals surface area contributed by atoms with Gasteiger partial charge >= 0.3 is 0 Å². The summed E-state index contributed by atoms with van der Waals surface area (Å²) in [5.41, 5.74) is 3.56. The minimum absolute atomic E-state index is 0.370. The van der Waals surface area contributed by atoms with E-state index in [1.165, 1.54) is 11.1 Å². The van der Waals surface area contributed by atoms with Gasteiger partial charge in [0.05, 0.1) is 12.7 Å². The zero-order chi connectivity index (χ0) is 16.8. The van der Waals surface area contributed by atoms with Crippen LogP contribution in [0.2, 0.25) is 0 Å². The molecule has 1 atom stereocenters. The Morgan fingerprint density at radius 3 is 2.52 bits per heavy atom. The Hall–Kier alpha value is -1.30. The Labute approximate surface area is 142 Å². The van der Waals surface area contributed by atoms with Crippen LogP contribution in [-0.4, -0.2) is 39.7 Å². The number of aliphatic hydroxyl groups is 1. The molecule has 1 unspecified atom stereocenters. The van der Waals surface area contributed by atoms with Gasteiger partial charge in [0.15, 0.2) is 5.16 Å². The average Bonchev–Trinajstić information content (AvgIpc) is 2.92. The molecule has 1 N–H and O–H groups in total. The third-order valence-electron chi connectivity index (χ3n) is 3.26. The Morgan fingerprint density at radius 2 is 1.87 bits per heavy atom. The van der Waals surface area contributed by atoms with E-state index in [0.717, 1.165) is 10.8 Å². The fraction of sp³-hybridized carbons (Fsp3) is 0.500. The van der Waals surface area contributed by atoms with Gasteiger partial charge in [0.25, 0.3) is 0 Å². The lowest BCUT2D eigenvalue weighted by atomic mass is 10.1. The molecule has 1 heterocycles. The summed E-state index contributed by atoms with van der Waals surface area (Å²) in [5, 5.41) is 10.9. The Balaban J connectivity index is 1.96. The molecule has 0 saturated heterocycles. The SMILES string of the molecule is Cc1cc(C)cc(-n2ccnc2SCC(O)COCC(C)C)c1. The second-order valence-electron chi connectivity index (χ2n) is 6.32. The monoisotopic (exact) mass is 334 g/mol. The molecule has 0 amide bonds. The number of nitrogens with zero attached hydrogens (tertiary/aromatic N) is 2. The van der Waals surface area contributed by atoms with Crippen molar-refractivity contribution in [1.82, 2.24) is 9.55 Å². The number of aryl methyl sites for hydroxylation is 2. The van der Waals surface area contributed by atoms with Crippen LogP contribution in [0.1, 0.15) is 25.0 Å². The standard InChI is InChI=1S/C18H26N2O2S/c1-13(2)10-22-11-17(21)12-23-18-19-5-6-20(18)16-8-14(3)7-15(4)9-16/h5-9,13,17,21H,10-12H2,1-4H3. The summed E-state index contributed by atoms with van der Waals surface area (Å²) in [7, 11) is 0. The number of thioether (sulfide) groups is 1. The molecule has 2 rings (SSSR count). The lowest BCUT2D eigenvalue weighted by Gasteiger charge is -2.13. The first-order chi connectivity index (χ1) is 11.0. The predicted molar refractivity (Wildman–Crippen MR) is 95.4 cm³/mol. The van der Waals surface area contributed by atoms with E-state index in [1.54, 1.807) is 18.0 Å². The summed E-state index contributed by atoms with van der Waals surface area (Å²) in [6.45, 7) is 9.43. The summed E-state index contributed by atoms with van der Waals surface area (Å²) in [6.07, 6.45) is 3.27. The van der Waals surface area contributed by atoms with Crippen LogP contribution in [0.15, 0.2) is 35.7 Å². The number of ether oxygens (including phenoxy) is 1. The molecule has 0 aliphatic heterocycles. The molecule has 0 aliphatic carbocycles. The van der Waals surface area contributed by atoms with Crippen LogP contribution in [0.4, 0.5) is 0 Å². The van der Waals surface area contributed by atoms with Gasteiger partial charge in [-0.15, -0.1) is 0 Å². The van der Waals surface area contributed by atoms with Gasteiger partial charge in [-0.2, -0.15) is 0 Å². The number of aromatic nitrogens is 2. The number of benzene rings is 1. The topological polar surface area (TPSA) is 47.3 Å². The van der Waals surface area contributed by atoms with E-state index < -0.39 is 6.10 Å². The Morgan fingerprint density at radius 1 is 1.17 bits per heavy atom. The largest absolute Gasteiger partial charge is 0.390 e. The molecule has 0 bridgehead atoms. The summed E-state index contributed by atoms with van der Waals surface area (Å²) in [4.78, 5) is 4.41. The summed E-state index contributed by atoms with van der Waals surface area (Å²) in [5.74, 6) is 1.05. The number of imidazole rings is 1. The smallest absolute Gasteiger partial charge is 0.172 e. The van der Waals surface area contributed by atoms with Gasteiger partial charge in [0.1, 0.15) is 0 Å². The van der Waals surface area contributed by atoms with E-state index >= 15 is 0 Å². The summed E-state index contributed by atoms with van der Waals surface area (Å²) < 4.78 is 7.54. The molecule has 126 valence electrons. The molecule has 0 saturated carbocycles. The van der Waals surface area contributed by atoms with Crippen molar-refractivity contribution in [3.8, 4) is 5.69 Å². The quantitative estimate of drug-likeness (QED) is 0.749. The van der Waals surface area contributed by atoms with E-state index in [4.69, 9.17) is 4.74 Å². The maximum absolute atomic E-state index is 10.0. The number of aliphatic hydroxyl groups excluding tert-OH is 1. The van der Waals surface area contributed by atoms with Crippen LogP contribution in [0.25, 0.3) is 5.69 Å². The molecule has 1 aromatic carbocycles. The van der Waals surface area contributed by atoms with Crippen LogP contribution < -0.4 is 0 Å². The highest BCUT2D eigenvalue weighted by molar-refractivity contribution is 7.99. The fourth-order valence-electron chi connectivity index (χ4n) is 2.34. The normalized spacial score (nSPS) is 12.8. The third-order valence-corrected chi connectivity index (χ3v) is 4.37. The van der Waals surface area contributed by atoms with Crippen LogP contribution in [-0.2, 0) is 4.74 Å². The zero-order valence-electron chi connectivity index (χ0n) is 14.3. The Kier molecular flexibility index (Phi) is 6.69. The Bertz CT molecular complexity index is 605. The maximum Gasteiger partial charge on any atom is 0.172 e. The zero-order valence-corrected chi connectivity index (χ0v) is 15.1. The lowest BCUT2D eigenvalue weighted by Crippen LogP contribution is -2.19. The summed E-state index contributed by atoms with van der Waals surface area (Å²) in [6, 6.07) is 6.44. The van der Waals surface area contributed by atoms with E-state index in [9.17, 15) is 5.11 Å². The van der Waals surface area contributed by atoms with E-state index in [0.29, 0.717) is 24.9 Å². The van der Waals surface area contributed by atoms with Gasteiger partial charge in [-0.1, -0.05) is 31.7 Å². The molecule has 2 aromatic rings. The van der Waals surface area contributed by atoms with Crippen molar-refractivity contribution >= 4 is 11.8 Å². The second-order valence-corrected chi connectivity index (χ2v) is 7.31. The lowest BCUT2D eigenvalue weighted by molar-refractivity contribution is 0.0364. The van der Waals surface area contributed by atoms with Crippen LogP contribution in [0, 0.1) is 19.8 Å². The predicted octanol–water partition coefficient (Wildman–Crippen LogP) is 3.61. The van der Waals surface area contributed by atoms with Gasteiger partial charge in [-0.05, 0) is 43.0 Å². The van der Waals surface area contributed by atoms with E-state index in [1.807, 2.05) is 6.20 Å². The molecule has 23 heavy (non-hydrogen) atoms. The van der Waals surface area contributed by atoms with Crippen molar-refractivity contribution in [1.29, 1.82) is 0 Å². The minimum atomic E-state index is -0.483. The molecule has 1 aromatic heterocycles. The molecule has 0 aliphatic rings. The third kappa shape index (κ3) is 5.68. The molecule has 5 heteroatoms. The molecule has 4 nitrogen and oxygen atoms in total. The van der Waals surface area contributed by atoms with E-state index in [2.05, 4.69) is 55.4 Å². The first-order valence-electron chi connectivity index (χ1n) is 7.96. The van der Waals surface area contributed by atoms with Crippen molar-refractivity contribution in [2.75, 3.05) is 19.0 Å². The van der Waals surface area contributed by atoms with Crippen LogP contribution in [0.3, 0.4) is 0 Å². The fourth-order valence-corrected chi connectivity index (χ4v) is 3.22. The van der Waals surface area contributed by atoms with Gasteiger partial charge in [0, 0.05) is 30.4 Å². The van der Waals surface area contributed by atoms with Gasteiger partial charge < -0.3 is 9.84 Å². The maximum atomic E-state index is 10.0. The average molecular weight is 334 g/mol. The van der Waals surface area contributed by atoms with Gasteiger partial charge in [-0.25, -0.2) is 4.98 Å². The second kappa shape index (κ2) is 8.52. The number of hydrogen-bond acceptors (Lipinski definition) is 4. The molecule has 0 radical (unpaired) electrons. The minimum Gasteiger partial charge on any atom is -0.390 e. The molecular formula is C18H26N2O2S. The highest BCUT2D eigenvalue weighted by Crippen LogP contribution is 2.22. The van der Waals surface area contributed by atoms with Gasteiger partial charge in [0.2, 0.25) is 0 Å². The number of rotatable bonds is 8. The summed E-state index contributed by atoms with van der Waals surface area (Å²) >= 11 is 1.55. The van der Waals surface area contributed by atoms with Gasteiger partial charge in [-0.3, -0.25) is 4.57 Å². The highest BCUT2D eigenvalue weighted by Gasteiger charge is 2.11. The van der Waals surface area contributed by atoms with Crippen LogP contribution >= 0.6 is 11.8 Å². The van der Waals surface area contributed by atoms with E-state index in [-0.39, 0.29) is 0 Å². The number of hydrogen-bond donors (Lipinski definition) is 1. The van der Waals surface area contributed by atoms with Crippen molar-refractivity contribution in [3.05, 3.63) is 41.7 Å². The molecular weight excluding hydrogens is 308 g/mol. The van der Waals surface area contributed by atoms with Crippen molar-refractivity contribution < 1.29 is 9.84 Å². The first kappa shape index (κ1) is 18.0. The first-order valence-corrected chi connectivity index (χ1v) is 8.95. The van der Waals surface area contributed by atoms with Crippen molar-refractivity contribution in [2.45, 2.75) is 39.0 Å². The molecule has 0 fully saturated rings. The van der Waals surface area contributed by atoms with Crippen molar-refractivity contribution in [3.63, 3.8) is 0 Å².